The van der Waals surface area contributed by atoms with Crippen LogP contribution in [0.5, 0.6) is 0 Å². The molecule has 0 amide bonds. The fourth-order valence-electron chi connectivity index (χ4n) is 3.99. The van der Waals surface area contributed by atoms with Gasteiger partial charge in [0.05, 0.1) is 0 Å². The Balaban J connectivity index is 1.69. The van der Waals surface area contributed by atoms with Crippen molar-refractivity contribution in [3.05, 3.63) is 125 Å². The number of pyridine rings is 3. The summed E-state index contributed by atoms with van der Waals surface area (Å²) in [6.45, 7) is 1.25. The molecule has 0 radical (unpaired) electrons. The minimum Gasteiger partial charge on any atom is -0.477 e. The van der Waals surface area contributed by atoms with Gasteiger partial charge in [0, 0.05) is 34.9 Å². The molecule has 0 bridgehead atoms. The lowest BCUT2D eigenvalue weighted by atomic mass is 10.0. The van der Waals surface area contributed by atoms with E-state index in [-0.39, 0.29) is 16.7 Å². The molecule has 0 aliphatic heterocycles. The zero-order chi connectivity index (χ0) is 25.7. The summed E-state index contributed by atoms with van der Waals surface area (Å²) in [5.74, 6) is -3.03. The van der Waals surface area contributed by atoms with Gasteiger partial charge in [0.1, 0.15) is 16.7 Å². The highest BCUT2D eigenvalue weighted by Crippen LogP contribution is 2.12. The summed E-state index contributed by atoms with van der Waals surface area (Å²) in [5, 5.41) is 27.9. The number of hydrogen-bond acceptors (Lipinski definition) is 3. The summed E-state index contributed by atoms with van der Waals surface area (Å²) in [6.07, 6.45) is 10.0. The van der Waals surface area contributed by atoms with Gasteiger partial charge in [-0.15, -0.1) is 0 Å². The number of nitrogens with zero attached hydrogens (tertiary/aromatic N) is 3. The maximum Gasteiger partial charge on any atom is 0.341 e. The molecule has 0 spiro atoms. The lowest BCUT2D eigenvalue weighted by Crippen LogP contribution is -2.37. The summed E-state index contributed by atoms with van der Waals surface area (Å²) < 4.78 is 5.34. The number of benzene rings is 1. The van der Waals surface area contributed by atoms with Crippen LogP contribution in [-0.2, 0) is 19.6 Å². The van der Waals surface area contributed by atoms with E-state index in [1.54, 1.807) is 69.1 Å². The highest BCUT2D eigenvalue weighted by molar-refractivity contribution is 5.87. The minimum absolute atomic E-state index is 0.177. The standard InChI is InChI=1S/C27H21N3O6/c31-25(32)22-4-1-7-28(16-22)13-19-10-20(14-29-8-2-5-23(17-29)26(33)34)12-21(11-19)15-30-9-3-6-24(18-30)27(35)36/h1-12,16-18H,13-15H2/p+3. The molecule has 0 saturated heterocycles. The van der Waals surface area contributed by atoms with E-state index in [1.807, 2.05) is 18.2 Å². The third kappa shape index (κ3) is 6.15. The molecule has 4 aromatic rings. The second-order valence-electron chi connectivity index (χ2n) is 8.37. The maximum atomic E-state index is 11.4. The van der Waals surface area contributed by atoms with E-state index in [9.17, 15) is 29.7 Å². The van der Waals surface area contributed by atoms with Crippen LogP contribution >= 0.6 is 0 Å². The van der Waals surface area contributed by atoms with Gasteiger partial charge in [0.25, 0.3) is 0 Å². The van der Waals surface area contributed by atoms with Crippen molar-refractivity contribution in [1.82, 2.24) is 0 Å². The van der Waals surface area contributed by atoms with Crippen LogP contribution < -0.4 is 13.7 Å². The Labute approximate surface area is 206 Å². The van der Waals surface area contributed by atoms with Gasteiger partial charge in [-0.2, -0.15) is 13.7 Å². The first-order chi connectivity index (χ1) is 17.3. The number of carboxylic acid groups (broad SMARTS) is 3. The van der Waals surface area contributed by atoms with Gasteiger partial charge in [-0.1, -0.05) is 0 Å². The van der Waals surface area contributed by atoms with Crippen LogP contribution in [0.4, 0.5) is 0 Å². The van der Waals surface area contributed by atoms with Gasteiger partial charge >= 0.3 is 17.9 Å². The Bertz CT molecular complexity index is 1280. The average molecular weight is 487 g/mol. The van der Waals surface area contributed by atoms with Crippen LogP contribution in [0.1, 0.15) is 47.8 Å². The molecule has 9 nitrogen and oxygen atoms in total. The van der Waals surface area contributed by atoms with Crippen LogP contribution in [0.15, 0.2) is 91.8 Å². The average Bonchev–Trinajstić information content (AvgIpc) is 2.84. The van der Waals surface area contributed by atoms with E-state index in [0.29, 0.717) is 19.6 Å². The quantitative estimate of drug-likeness (QED) is 0.310. The Morgan fingerprint density at radius 3 is 1.06 bits per heavy atom. The number of carboxylic acids is 3. The molecule has 3 heterocycles. The van der Waals surface area contributed by atoms with E-state index in [2.05, 4.69) is 0 Å². The molecule has 0 saturated carbocycles. The van der Waals surface area contributed by atoms with Crippen LogP contribution in [0.2, 0.25) is 0 Å². The second kappa shape index (κ2) is 10.6. The first-order valence-corrected chi connectivity index (χ1v) is 11.1. The third-order valence-corrected chi connectivity index (χ3v) is 5.52. The van der Waals surface area contributed by atoms with Crippen molar-refractivity contribution in [3.63, 3.8) is 0 Å². The van der Waals surface area contributed by atoms with Gasteiger partial charge in [-0.25, -0.2) is 14.4 Å². The van der Waals surface area contributed by atoms with E-state index in [1.165, 1.54) is 18.2 Å². The summed E-state index contributed by atoms with van der Waals surface area (Å²) in [5.41, 5.74) is 3.28. The Morgan fingerprint density at radius 2 is 0.806 bits per heavy atom. The molecule has 3 aromatic heterocycles. The zero-order valence-electron chi connectivity index (χ0n) is 19.2. The molecular weight excluding hydrogens is 462 g/mol. The third-order valence-electron chi connectivity index (χ3n) is 5.52. The second-order valence-corrected chi connectivity index (χ2v) is 8.37. The monoisotopic (exact) mass is 486 g/mol. The highest BCUT2D eigenvalue weighted by Gasteiger charge is 2.16. The molecule has 4 rings (SSSR count). The van der Waals surface area contributed by atoms with Crippen molar-refractivity contribution in [2.75, 3.05) is 0 Å². The van der Waals surface area contributed by atoms with Crippen molar-refractivity contribution >= 4 is 17.9 Å². The van der Waals surface area contributed by atoms with Crippen LogP contribution in [-0.4, -0.2) is 33.2 Å². The Morgan fingerprint density at radius 1 is 0.528 bits per heavy atom. The van der Waals surface area contributed by atoms with Gasteiger partial charge in [0.2, 0.25) is 0 Å². The maximum absolute atomic E-state index is 11.4. The van der Waals surface area contributed by atoms with E-state index in [0.717, 1.165) is 16.7 Å². The van der Waals surface area contributed by atoms with Crippen molar-refractivity contribution in [3.8, 4) is 0 Å². The van der Waals surface area contributed by atoms with Crippen LogP contribution in [0.25, 0.3) is 0 Å². The number of carbonyl (C=O) groups is 3. The SMILES string of the molecule is O=C(O)c1ccc[n+](Cc2cc(C[n+]3cccc(C(=O)O)c3)cc(C[n+]3cccc(C(=O)O)c3)c2)c1. The van der Waals surface area contributed by atoms with Crippen molar-refractivity contribution in [1.29, 1.82) is 0 Å². The smallest absolute Gasteiger partial charge is 0.341 e. The lowest BCUT2D eigenvalue weighted by Gasteiger charge is -2.07. The topological polar surface area (TPSA) is 124 Å². The van der Waals surface area contributed by atoms with Gasteiger partial charge in [0.15, 0.2) is 56.8 Å². The molecule has 1 aromatic carbocycles. The van der Waals surface area contributed by atoms with Crippen molar-refractivity contribution in [2.45, 2.75) is 19.6 Å². The van der Waals surface area contributed by atoms with E-state index in [4.69, 9.17) is 0 Å². The predicted octanol–water partition coefficient (Wildman–Crippen LogP) is 1.79. The Kier molecular flexibility index (Phi) is 7.10. The number of hydrogen-bond donors (Lipinski definition) is 3. The van der Waals surface area contributed by atoms with Crippen LogP contribution in [0, 0.1) is 0 Å². The molecule has 36 heavy (non-hydrogen) atoms. The number of aromatic nitrogens is 3. The van der Waals surface area contributed by atoms with Gasteiger partial charge < -0.3 is 15.3 Å². The largest absolute Gasteiger partial charge is 0.477 e. The first-order valence-electron chi connectivity index (χ1n) is 11.1. The molecule has 180 valence electrons. The predicted molar refractivity (Wildman–Crippen MR) is 125 cm³/mol. The summed E-state index contributed by atoms with van der Waals surface area (Å²) in [4.78, 5) is 34.1. The minimum atomic E-state index is -1.01. The van der Waals surface area contributed by atoms with Crippen molar-refractivity contribution < 1.29 is 43.4 Å². The fourth-order valence-corrected chi connectivity index (χ4v) is 3.99. The van der Waals surface area contributed by atoms with Gasteiger partial charge in [-0.05, 0) is 36.4 Å². The fraction of sp³-hybridized carbons (Fsp3) is 0.111. The zero-order valence-corrected chi connectivity index (χ0v) is 19.2. The van der Waals surface area contributed by atoms with E-state index < -0.39 is 17.9 Å². The normalized spacial score (nSPS) is 10.7. The lowest BCUT2D eigenvalue weighted by molar-refractivity contribution is -0.690. The summed E-state index contributed by atoms with van der Waals surface area (Å²) >= 11 is 0. The molecule has 0 aliphatic carbocycles. The van der Waals surface area contributed by atoms with E-state index >= 15 is 0 Å². The molecule has 0 unspecified atom stereocenters. The molecular formula is C27H24N3O6+3. The highest BCUT2D eigenvalue weighted by atomic mass is 16.4. The van der Waals surface area contributed by atoms with Crippen molar-refractivity contribution in [2.24, 2.45) is 0 Å². The number of aromatic carboxylic acids is 3. The Hall–Kier alpha value is -4.92. The molecule has 0 atom stereocenters. The molecule has 3 N–H and O–H groups in total. The molecule has 0 fully saturated rings. The van der Waals surface area contributed by atoms with Gasteiger partial charge in [-0.3, -0.25) is 0 Å². The summed E-state index contributed by atoms with van der Waals surface area (Å²) in [6, 6.07) is 15.6. The summed E-state index contributed by atoms with van der Waals surface area (Å²) in [7, 11) is 0. The molecule has 0 aliphatic rings. The number of rotatable bonds is 9. The molecule has 9 heteroatoms. The first kappa shape index (κ1) is 24.2. The van der Waals surface area contributed by atoms with Crippen LogP contribution in [0.3, 0.4) is 0 Å².